The van der Waals surface area contributed by atoms with E-state index in [9.17, 15) is 4.79 Å². The molecule has 3 rings (SSSR count). The molecule has 4 heteroatoms. The van der Waals surface area contributed by atoms with E-state index in [1.165, 1.54) is 11.1 Å². The first-order chi connectivity index (χ1) is 12.2. The van der Waals surface area contributed by atoms with Gasteiger partial charge in [-0.2, -0.15) is 0 Å². The van der Waals surface area contributed by atoms with Gasteiger partial charge in [-0.3, -0.25) is 0 Å². The molecule has 0 saturated heterocycles. The fraction of sp³-hybridized carbons (Fsp3) is 0.286. The Kier molecular flexibility index (Phi) is 5.51. The first kappa shape index (κ1) is 17.2. The standard InChI is InChI=1S/C21H23NO3/c1-3-15-8-9-18-17(13-21(23)25-20(18)12-15)14-22-11-10-16-6-4-5-7-19(16)24-2/h4-9,12-13,22H,3,10-11,14H2,1-2H3/p+1. The van der Waals surface area contributed by atoms with Crippen LogP contribution in [-0.2, 0) is 19.4 Å². The number of methoxy groups -OCH3 is 1. The minimum atomic E-state index is -0.283. The van der Waals surface area contributed by atoms with Crippen molar-refractivity contribution in [3.05, 3.63) is 75.6 Å². The van der Waals surface area contributed by atoms with E-state index < -0.39 is 0 Å². The summed E-state index contributed by atoms with van der Waals surface area (Å²) in [6, 6.07) is 15.8. The van der Waals surface area contributed by atoms with E-state index in [-0.39, 0.29) is 5.63 Å². The Bertz CT molecular complexity index is 914. The van der Waals surface area contributed by atoms with Gasteiger partial charge in [-0.15, -0.1) is 0 Å². The summed E-state index contributed by atoms with van der Waals surface area (Å²) in [4.78, 5) is 11.8. The van der Waals surface area contributed by atoms with Gasteiger partial charge in [-0.1, -0.05) is 37.3 Å². The number of nitrogens with two attached hydrogens (primary N) is 1. The summed E-state index contributed by atoms with van der Waals surface area (Å²) in [5.74, 6) is 0.925. The number of hydrogen-bond acceptors (Lipinski definition) is 3. The number of para-hydroxylation sites is 1. The van der Waals surface area contributed by atoms with E-state index in [1.807, 2.05) is 24.3 Å². The molecule has 0 spiro atoms. The van der Waals surface area contributed by atoms with Crippen molar-refractivity contribution in [2.24, 2.45) is 0 Å². The lowest BCUT2D eigenvalue weighted by molar-refractivity contribution is -0.670. The maximum Gasteiger partial charge on any atom is 0.336 e. The highest BCUT2D eigenvalue weighted by atomic mass is 16.5. The summed E-state index contributed by atoms with van der Waals surface area (Å²) in [5, 5.41) is 3.24. The lowest BCUT2D eigenvalue weighted by Crippen LogP contribution is -2.83. The van der Waals surface area contributed by atoms with Crippen LogP contribution in [0.3, 0.4) is 0 Å². The van der Waals surface area contributed by atoms with E-state index in [2.05, 4.69) is 30.4 Å². The molecule has 130 valence electrons. The van der Waals surface area contributed by atoms with E-state index in [4.69, 9.17) is 9.15 Å². The van der Waals surface area contributed by atoms with Gasteiger partial charge in [-0.05, 0) is 29.7 Å². The summed E-state index contributed by atoms with van der Waals surface area (Å²) in [7, 11) is 1.70. The van der Waals surface area contributed by atoms with Crippen LogP contribution in [0.4, 0.5) is 0 Å². The van der Waals surface area contributed by atoms with Crippen molar-refractivity contribution in [1.82, 2.24) is 0 Å². The smallest absolute Gasteiger partial charge is 0.336 e. The number of aryl methyl sites for hydroxylation is 1. The minimum absolute atomic E-state index is 0.283. The molecule has 0 aliphatic rings. The number of rotatable bonds is 7. The minimum Gasteiger partial charge on any atom is -0.496 e. The van der Waals surface area contributed by atoms with Gasteiger partial charge in [-0.25, -0.2) is 4.79 Å². The Balaban J connectivity index is 1.70. The van der Waals surface area contributed by atoms with Gasteiger partial charge < -0.3 is 14.5 Å². The van der Waals surface area contributed by atoms with Crippen LogP contribution < -0.4 is 15.7 Å². The normalized spacial score (nSPS) is 11.0. The fourth-order valence-electron chi connectivity index (χ4n) is 3.09. The highest BCUT2D eigenvalue weighted by Gasteiger charge is 2.08. The molecule has 0 fully saturated rings. The van der Waals surface area contributed by atoms with Crippen molar-refractivity contribution in [3.63, 3.8) is 0 Å². The third-order valence-corrected chi connectivity index (χ3v) is 4.48. The van der Waals surface area contributed by atoms with Gasteiger partial charge >= 0.3 is 5.63 Å². The predicted octanol–water partition coefficient (Wildman–Crippen LogP) is 2.67. The highest BCUT2D eigenvalue weighted by Crippen LogP contribution is 2.19. The lowest BCUT2D eigenvalue weighted by Gasteiger charge is -2.08. The van der Waals surface area contributed by atoms with E-state index in [0.29, 0.717) is 5.58 Å². The molecule has 0 saturated carbocycles. The molecule has 0 unspecified atom stereocenters. The molecule has 4 nitrogen and oxygen atoms in total. The molecule has 1 heterocycles. The van der Waals surface area contributed by atoms with Gasteiger partial charge in [0.15, 0.2) is 0 Å². The van der Waals surface area contributed by atoms with Crippen molar-refractivity contribution >= 4 is 11.0 Å². The Morgan fingerprint density at radius 3 is 2.72 bits per heavy atom. The van der Waals surface area contributed by atoms with Crippen LogP contribution in [0.15, 0.2) is 57.7 Å². The zero-order chi connectivity index (χ0) is 17.6. The molecule has 1 aromatic heterocycles. The summed E-state index contributed by atoms with van der Waals surface area (Å²) >= 11 is 0. The topological polar surface area (TPSA) is 56.0 Å². The molecule has 0 amide bonds. The van der Waals surface area contributed by atoms with Gasteiger partial charge in [0.1, 0.15) is 17.9 Å². The van der Waals surface area contributed by atoms with Crippen molar-refractivity contribution < 1.29 is 14.5 Å². The summed E-state index contributed by atoms with van der Waals surface area (Å²) < 4.78 is 10.8. The predicted molar refractivity (Wildman–Crippen MR) is 99.1 cm³/mol. The number of benzene rings is 2. The van der Waals surface area contributed by atoms with Crippen LogP contribution in [0, 0.1) is 0 Å². The van der Waals surface area contributed by atoms with Crippen molar-refractivity contribution in [2.75, 3.05) is 13.7 Å². The van der Waals surface area contributed by atoms with E-state index in [0.717, 1.165) is 42.6 Å². The zero-order valence-corrected chi connectivity index (χ0v) is 14.7. The Morgan fingerprint density at radius 2 is 1.92 bits per heavy atom. The number of fused-ring (bicyclic) bond motifs is 1. The van der Waals surface area contributed by atoms with Crippen LogP contribution in [-0.4, -0.2) is 13.7 Å². The first-order valence-electron chi connectivity index (χ1n) is 8.70. The lowest BCUT2D eigenvalue weighted by atomic mass is 10.1. The fourth-order valence-corrected chi connectivity index (χ4v) is 3.09. The largest absolute Gasteiger partial charge is 0.496 e. The Labute approximate surface area is 147 Å². The second-order valence-corrected chi connectivity index (χ2v) is 6.12. The molecule has 0 bridgehead atoms. The SMILES string of the molecule is CCc1ccc2c(C[NH2+]CCc3ccccc3OC)cc(=O)oc2c1. The third-order valence-electron chi connectivity index (χ3n) is 4.48. The molecule has 0 atom stereocenters. The summed E-state index contributed by atoms with van der Waals surface area (Å²) in [5.41, 5.74) is 3.79. The van der Waals surface area contributed by atoms with Crippen LogP contribution >= 0.6 is 0 Å². The van der Waals surface area contributed by atoms with Gasteiger partial charge in [0.2, 0.25) is 0 Å². The number of quaternary nitrogens is 1. The molecule has 0 aliphatic heterocycles. The molecular weight excluding hydrogens is 314 g/mol. The molecule has 0 aliphatic carbocycles. The van der Waals surface area contributed by atoms with Gasteiger partial charge in [0, 0.05) is 23.4 Å². The van der Waals surface area contributed by atoms with Gasteiger partial charge in [0.05, 0.1) is 13.7 Å². The Morgan fingerprint density at radius 1 is 1.08 bits per heavy atom. The third kappa shape index (κ3) is 4.09. The highest BCUT2D eigenvalue weighted by molar-refractivity contribution is 5.80. The van der Waals surface area contributed by atoms with Crippen molar-refractivity contribution in [1.29, 1.82) is 0 Å². The second kappa shape index (κ2) is 7.99. The van der Waals surface area contributed by atoms with Crippen molar-refractivity contribution in [2.45, 2.75) is 26.3 Å². The molecule has 2 N–H and O–H groups in total. The maximum atomic E-state index is 11.8. The summed E-state index contributed by atoms with van der Waals surface area (Å²) in [6.07, 6.45) is 1.85. The molecule has 0 radical (unpaired) electrons. The van der Waals surface area contributed by atoms with Gasteiger partial charge in [0.25, 0.3) is 0 Å². The average Bonchev–Trinajstić information content (AvgIpc) is 2.64. The quantitative estimate of drug-likeness (QED) is 0.532. The maximum absolute atomic E-state index is 11.8. The number of ether oxygens (including phenoxy) is 1. The monoisotopic (exact) mass is 338 g/mol. The Hall–Kier alpha value is -2.59. The molecule has 25 heavy (non-hydrogen) atoms. The van der Waals surface area contributed by atoms with Crippen LogP contribution in [0.1, 0.15) is 23.6 Å². The van der Waals surface area contributed by atoms with Crippen LogP contribution in [0.5, 0.6) is 5.75 Å². The van der Waals surface area contributed by atoms with Crippen LogP contribution in [0.2, 0.25) is 0 Å². The molecule has 2 aromatic carbocycles. The average molecular weight is 338 g/mol. The van der Waals surface area contributed by atoms with E-state index in [1.54, 1.807) is 13.2 Å². The van der Waals surface area contributed by atoms with Crippen LogP contribution in [0.25, 0.3) is 11.0 Å². The molecule has 3 aromatic rings. The summed E-state index contributed by atoms with van der Waals surface area (Å²) in [6.45, 7) is 3.77. The number of hydrogen-bond donors (Lipinski definition) is 1. The zero-order valence-electron chi connectivity index (χ0n) is 14.7. The molecular formula is C21H24NO3+. The van der Waals surface area contributed by atoms with E-state index >= 15 is 0 Å². The van der Waals surface area contributed by atoms with Crippen molar-refractivity contribution in [3.8, 4) is 5.75 Å². The second-order valence-electron chi connectivity index (χ2n) is 6.12. The first-order valence-corrected chi connectivity index (χ1v) is 8.70.